The molecule has 0 saturated carbocycles. The molecule has 0 aliphatic carbocycles. The Morgan fingerprint density at radius 2 is 2.00 bits per heavy atom. The van der Waals surface area contributed by atoms with E-state index < -0.39 is 12.1 Å². The van der Waals surface area contributed by atoms with E-state index in [1.165, 1.54) is 5.56 Å². The predicted molar refractivity (Wildman–Crippen MR) is 108 cm³/mol. The lowest BCUT2D eigenvalue weighted by Gasteiger charge is -2.22. The Balaban J connectivity index is 1.62. The van der Waals surface area contributed by atoms with Gasteiger partial charge in [-0.1, -0.05) is 37.3 Å². The van der Waals surface area contributed by atoms with Crippen LogP contribution in [0.1, 0.15) is 58.5 Å². The maximum Gasteiger partial charge on any atom is 0.256 e. The molecule has 1 aliphatic heterocycles. The number of hydrogen-bond acceptors (Lipinski definition) is 5. The molecule has 4 rings (SSSR count). The summed E-state index contributed by atoms with van der Waals surface area (Å²) in [6.45, 7) is 6.88. The molecule has 2 atom stereocenters. The van der Waals surface area contributed by atoms with Crippen molar-refractivity contribution in [2.45, 2.75) is 52.3 Å². The van der Waals surface area contributed by atoms with E-state index in [0.717, 1.165) is 11.4 Å². The fourth-order valence-electron chi connectivity index (χ4n) is 4.00. The van der Waals surface area contributed by atoms with Crippen LogP contribution in [0, 0.1) is 13.8 Å². The third-order valence-corrected chi connectivity index (χ3v) is 5.60. The molecule has 3 aromatic rings. The number of hydrogen-bond donors (Lipinski definition) is 1. The summed E-state index contributed by atoms with van der Waals surface area (Å²) in [7, 11) is 0. The maximum atomic E-state index is 13.4. The highest BCUT2D eigenvalue weighted by Gasteiger charge is 2.39. The molecule has 2 aromatic heterocycles. The number of carbonyl (C=O) groups is 1. The Bertz CT molecular complexity index is 1010. The number of amides is 1. The molecule has 1 aromatic carbocycles. The third kappa shape index (κ3) is 3.70. The average molecular weight is 394 g/mol. The summed E-state index contributed by atoms with van der Waals surface area (Å²) in [5, 5.41) is 18.3. The van der Waals surface area contributed by atoms with Gasteiger partial charge in [0.15, 0.2) is 0 Å². The summed E-state index contributed by atoms with van der Waals surface area (Å²) in [6, 6.07) is 11.7. The molecule has 1 amide bonds. The minimum absolute atomic E-state index is 0.116. The number of nitrogens with zero attached hydrogens (tertiary/aromatic N) is 4. The van der Waals surface area contributed by atoms with Gasteiger partial charge in [0.05, 0.1) is 11.7 Å². The first-order chi connectivity index (χ1) is 14.0. The van der Waals surface area contributed by atoms with Gasteiger partial charge in [0.2, 0.25) is 11.8 Å². The maximum absolute atomic E-state index is 13.4. The topological polar surface area (TPSA) is 84.4 Å². The zero-order chi connectivity index (χ0) is 20.5. The van der Waals surface area contributed by atoms with Crippen LogP contribution in [0.4, 0.5) is 0 Å². The zero-order valence-corrected chi connectivity index (χ0v) is 17.0. The van der Waals surface area contributed by atoms with Crippen molar-refractivity contribution in [2.24, 2.45) is 0 Å². The van der Waals surface area contributed by atoms with Crippen LogP contribution in [0.25, 0.3) is 0 Å². The molecule has 1 fully saturated rings. The molecule has 7 nitrogen and oxygen atoms in total. The Morgan fingerprint density at radius 1 is 1.24 bits per heavy atom. The fourth-order valence-corrected chi connectivity index (χ4v) is 4.00. The van der Waals surface area contributed by atoms with Crippen LogP contribution in [-0.4, -0.2) is 43.3 Å². The van der Waals surface area contributed by atoms with Crippen LogP contribution in [-0.2, 0) is 13.0 Å². The van der Waals surface area contributed by atoms with Crippen molar-refractivity contribution in [3.63, 3.8) is 0 Å². The molecule has 0 bridgehead atoms. The molecule has 1 saturated heterocycles. The van der Waals surface area contributed by atoms with E-state index in [1.807, 2.05) is 45.0 Å². The van der Waals surface area contributed by atoms with Gasteiger partial charge in [-0.05, 0) is 25.5 Å². The number of aryl methyl sites for hydroxylation is 2. The Morgan fingerprint density at radius 3 is 2.69 bits per heavy atom. The van der Waals surface area contributed by atoms with Crippen molar-refractivity contribution in [2.75, 3.05) is 6.54 Å². The van der Waals surface area contributed by atoms with Gasteiger partial charge in [-0.25, -0.2) is 0 Å². The van der Waals surface area contributed by atoms with Crippen LogP contribution >= 0.6 is 0 Å². The number of rotatable bonds is 5. The van der Waals surface area contributed by atoms with Crippen molar-refractivity contribution < 1.29 is 14.3 Å². The van der Waals surface area contributed by atoms with Crippen molar-refractivity contribution >= 4 is 5.91 Å². The van der Waals surface area contributed by atoms with Gasteiger partial charge in [-0.2, -0.15) is 0 Å². The molecule has 152 valence electrons. The Hall–Kier alpha value is -2.93. The van der Waals surface area contributed by atoms with Gasteiger partial charge in [0.25, 0.3) is 5.91 Å². The smallest absolute Gasteiger partial charge is 0.256 e. The van der Waals surface area contributed by atoms with E-state index >= 15 is 0 Å². The number of aliphatic hydroxyl groups is 1. The van der Waals surface area contributed by atoms with E-state index in [9.17, 15) is 9.90 Å². The molecule has 0 unspecified atom stereocenters. The number of β-amino-alcohol motifs (C(OH)–C–C–N with tert-alkyl or cyclic N) is 1. The summed E-state index contributed by atoms with van der Waals surface area (Å²) in [6.07, 6.45) is 0.435. The summed E-state index contributed by atoms with van der Waals surface area (Å²) in [5.74, 6) is 0.815. The first-order valence-corrected chi connectivity index (χ1v) is 9.99. The van der Waals surface area contributed by atoms with E-state index in [0.29, 0.717) is 36.7 Å². The highest BCUT2D eigenvalue weighted by molar-refractivity contribution is 5.96. The fraction of sp³-hybridized carbons (Fsp3) is 0.409. The van der Waals surface area contributed by atoms with E-state index in [4.69, 9.17) is 4.42 Å². The quantitative estimate of drug-likeness (QED) is 0.719. The van der Waals surface area contributed by atoms with Crippen LogP contribution in [0.5, 0.6) is 0 Å². The van der Waals surface area contributed by atoms with Gasteiger partial charge in [0.1, 0.15) is 6.04 Å². The van der Waals surface area contributed by atoms with Gasteiger partial charge >= 0.3 is 0 Å². The first kappa shape index (κ1) is 19.4. The van der Waals surface area contributed by atoms with E-state index in [-0.39, 0.29) is 12.5 Å². The second kappa shape index (κ2) is 7.83. The molecule has 1 aliphatic rings. The van der Waals surface area contributed by atoms with Crippen molar-refractivity contribution in [1.29, 1.82) is 0 Å². The molecule has 1 N–H and O–H groups in total. The lowest BCUT2D eigenvalue weighted by Crippen LogP contribution is -2.32. The second-order valence-electron chi connectivity index (χ2n) is 7.61. The lowest BCUT2D eigenvalue weighted by atomic mass is 10.1. The number of aliphatic hydroxyl groups excluding tert-OH is 1. The summed E-state index contributed by atoms with van der Waals surface area (Å²) >= 11 is 0. The average Bonchev–Trinajstić information content (AvgIpc) is 3.42. The molecule has 7 heteroatoms. The van der Waals surface area contributed by atoms with Crippen LogP contribution < -0.4 is 0 Å². The normalized spacial score (nSPS) is 19.1. The van der Waals surface area contributed by atoms with Crippen LogP contribution in [0.15, 0.2) is 40.8 Å². The van der Waals surface area contributed by atoms with Crippen molar-refractivity contribution in [3.05, 3.63) is 70.7 Å². The van der Waals surface area contributed by atoms with Crippen LogP contribution in [0.2, 0.25) is 0 Å². The molecular weight excluding hydrogens is 368 g/mol. The summed E-state index contributed by atoms with van der Waals surface area (Å²) in [5.41, 5.74) is 3.77. The molecular formula is C22H26N4O3. The third-order valence-electron chi connectivity index (χ3n) is 5.60. The Labute approximate surface area is 170 Å². The highest BCUT2D eigenvalue weighted by atomic mass is 16.4. The number of likely N-dealkylation sites (tertiary alicyclic amines) is 1. The molecule has 0 spiro atoms. The standard InChI is InChI=1S/C22H26N4O3/c1-4-20-23-24-21(29-20)19-11-17(27)13-26(19)22(28)18-10-14(2)25(15(18)3)12-16-8-6-5-7-9-16/h5-10,17,19,27H,4,11-13H2,1-3H3/t17-,19-/m1/s1. The van der Waals surface area contributed by atoms with Gasteiger partial charge in [0, 0.05) is 37.3 Å². The molecule has 3 heterocycles. The van der Waals surface area contributed by atoms with Crippen LogP contribution in [0.3, 0.4) is 0 Å². The SMILES string of the molecule is CCc1nnc([C@H]2C[C@@H](O)CN2C(=O)c2cc(C)n(Cc3ccccc3)c2C)o1. The highest BCUT2D eigenvalue weighted by Crippen LogP contribution is 2.33. The van der Waals surface area contributed by atoms with Crippen molar-refractivity contribution in [1.82, 2.24) is 19.7 Å². The molecule has 0 radical (unpaired) electrons. The number of carbonyl (C=O) groups excluding carboxylic acids is 1. The minimum atomic E-state index is -0.603. The van der Waals surface area contributed by atoms with Gasteiger partial charge in [-0.15, -0.1) is 10.2 Å². The second-order valence-corrected chi connectivity index (χ2v) is 7.61. The largest absolute Gasteiger partial charge is 0.423 e. The molecule has 29 heavy (non-hydrogen) atoms. The summed E-state index contributed by atoms with van der Waals surface area (Å²) in [4.78, 5) is 15.1. The predicted octanol–water partition coefficient (Wildman–Crippen LogP) is 3.05. The number of benzene rings is 1. The number of aromatic nitrogens is 3. The summed E-state index contributed by atoms with van der Waals surface area (Å²) < 4.78 is 7.83. The monoisotopic (exact) mass is 394 g/mol. The zero-order valence-electron chi connectivity index (χ0n) is 17.0. The Kier molecular flexibility index (Phi) is 5.24. The van der Waals surface area contributed by atoms with Gasteiger partial charge < -0.3 is 19.0 Å². The first-order valence-electron chi connectivity index (χ1n) is 9.99. The van der Waals surface area contributed by atoms with E-state index in [2.05, 4.69) is 26.9 Å². The minimum Gasteiger partial charge on any atom is -0.423 e. The van der Waals surface area contributed by atoms with E-state index in [1.54, 1.807) is 4.90 Å². The van der Waals surface area contributed by atoms with Crippen molar-refractivity contribution in [3.8, 4) is 0 Å². The lowest BCUT2D eigenvalue weighted by molar-refractivity contribution is 0.0696. The van der Waals surface area contributed by atoms with Gasteiger partial charge in [-0.3, -0.25) is 4.79 Å².